The average molecular weight is 345 g/mol. The molecule has 2 aromatic rings. The van der Waals surface area contributed by atoms with Gasteiger partial charge in [-0.25, -0.2) is 4.68 Å². The van der Waals surface area contributed by atoms with Crippen LogP contribution < -0.4 is 5.56 Å². The van der Waals surface area contributed by atoms with Crippen LogP contribution in [0, 0.1) is 5.92 Å². The highest BCUT2D eigenvalue weighted by molar-refractivity contribution is 6.05. The summed E-state index contributed by atoms with van der Waals surface area (Å²) in [6, 6.07) is 6.79. The van der Waals surface area contributed by atoms with Gasteiger partial charge in [-0.3, -0.25) is 14.4 Å². The third kappa shape index (κ3) is 4.23. The molecule has 1 amide bonds. The molecule has 1 N–H and O–H groups in total. The largest absolute Gasteiger partial charge is 0.480 e. The van der Waals surface area contributed by atoms with Gasteiger partial charge in [-0.1, -0.05) is 39.0 Å². The number of aliphatic carboxylic acids is 1. The monoisotopic (exact) mass is 345 g/mol. The predicted octanol–water partition coefficient (Wildman–Crippen LogP) is 1.99. The van der Waals surface area contributed by atoms with Gasteiger partial charge in [0.05, 0.1) is 5.39 Å². The molecule has 1 aromatic heterocycles. The van der Waals surface area contributed by atoms with E-state index in [-0.39, 0.29) is 17.2 Å². The third-order valence-electron chi connectivity index (χ3n) is 3.72. The number of hydrogen-bond donors (Lipinski definition) is 1. The molecule has 0 spiro atoms. The predicted molar refractivity (Wildman–Crippen MR) is 94.7 cm³/mol. The number of carboxylic acids is 1. The summed E-state index contributed by atoms with van der Waals surface area (Å²) in [5.41, 5.74) is -0.133. The van der Waals surface area contributed by atoms with E-state index in [4.69, 9.17) is 5.11 Å². The Bertz CT molecular complexity index is 842. The average Bonchev–Trinajstić information content (AvgIpc) is 2.56. The summed E-state index contributed by atoms with van der Waals surface area (Å²) in [7, 11) is 0. The Balaban J connectivity index is 2.62. The van der Waals surface area contributed by atoms with Gasteiger partial charge in [-0.05, 0) is 18.4 Å². The van der Waals surface area contributed by atoms with Gasteiger partial charge in [-0.2, -0.15) is 5.10 Å². The molecule has 1 aromatic carbocycles. The molecule has 0 unspecified atom stereocenters. The number of fused-ring (bicyclic) bond motifs is 1. The Kier molecular flexibility index (Phi) is 5.90. The minimum Gasteiger partial charge on any atom is -0.480 e. The molecule has 0 fully saturated rings. The fourth-order valence-electron chi connectivity index (χ4n) is 2.70. The van der Waals surface area contributed by atoms with Crippen LogP contribution in [0.5, 0.6) is 0 Å². The van der Waals surface area contributed by atoms with E-state index in [0.717, 1.165) is 0 Å². The van der Waals surface area contributed by atoms with Crippen molar-refractivity contribution in [1.29, 1.82) is 0 Å². The summed E-state index contributed by atoms with van der Waals surface area (Å²) in [6.45, 7) is 6.08. The molecule has 7 heteroatoms. The van der Waals surface area contributed by atoms with Crippen molar-refractivity contribution in [3.8, 4) is 0 Å². The molecule has 1 heterocycles. The van der Waals surface area contributed by atoms with E-state index in [9.17, 15) is 14.4 Å². The number of amides is 1. The van der Waals surface area contributed by atoms with E-state index < -0.39 is 18.4 Å². The van der Waals surface area contributed by atoms with E-state index in [1.807, 2.05) is 20.8 Å². The molecule has 7 nitrogen and oxygen atoms in total. The highest BCUT2D eigenvalue weighted by Gasteiger charge is 2.23. The molecule has 0 aliphatic heterocycles. The lowest BCUT2D eigenvalue weighted by Gasteiger charge is -2.21. The molecule has 0 atom stereocenters. The van der Waals surface area contributed by atoms with Gasteiger partial charge < -0.3 is 10.0 Å². The molecule has 2 rings (SSSR count). The molecular formula is C18H23N3O4. The van der Waals surface area contributed by atoms with Crippen LogP contribution in [0.25, 0.3) is 10.8 Å². The Morgan fingerprint density at radius 2 is 1.88 bits per heavy atom. The molecule has 134 valence electrons. The summed E-state index contributed by atoms with van der Waals surface area (Å²) in [6.07, 6.45) is 0.628. The lowest BCUT2D eigenvalue weighted by atomic mass is 10.1. The van der Waals surface area contributed by atoms with Crippen molar-refractivity contribution in [1.82, 2.24) is 14.7 Å². The minimum absolute atomic E-state index is 0.116. The summed E-state index contributed by atoms with van der Waals surface area (Å²) in [4.78, 5) is 37.8. The highest BCUT2D eigenvalue weighted by Crippen LogP contribution is 2.16. The number of nitrogens with zero attached hydrogens (tertiary/aromatic N) is 3. The molecule has 0 saturated heterocycles. The first-order chi connectivity index (χ1) is 11.8. The Morgan fingerprint density at radius 1 is 1.24 bits per heavy atom. The van der Waals surface area contributed by atoms with Crippen LogP contribution in [-0.2, 0) is 11.3 Å². The Hall–Kier alpha value is -2.70. The van der Waals surface area contributed by atoms with Crippen molar-refractivity contribution in [2.45, 2.75) is 33.7 Å². The van der Waals surface area contributed by atoms with Crippen molar-refractivity contribution in [3.63, 3.8) is 0 Å². The third-order valence-corrected chi connectivity index (χ3v) is 3.72. The number of carbonyl (C=O) groups is 2. The van der Waals surface area contributed by atoms with Gasteiger partial charge in [0.1, 0.15) is 6.54 Å². The first kappa shape index (κ1) is 18.6. The van der Waals surface area contributed by atoms with Crippen molar-refractivity contribution in [2.75, 3.05) is 13.1 Å². The van der Waals surface area contributed by atoms with Crippen LogP contribution in [-0.4, -0.2) is 44.8 Å². The second-order valence-electron chi connectivity index (χ2n) is 6.40. The lowest BCUT2D eigenvalue weighted by Crippen LogP contribution is -2.38. The van der Waals surface area contributed by atoms with Gasteiger partial charge in [0, 0.05) is 18.5 Å². The fourth-order valence-corrected chi connectivity index (χ4v) is 2.70. The number of carbonyl (C=O) groups excluding carboxylic acids is 1. The molecular weight excluding hydrogens is 322 g/mol. The van der Waals surface area contributed by atoms with Gasteiger partial charge >= 0.3 is 5.97 Å². The first-order valence-electron chi connectivity index (χ1n) is 8.36. The molecule has 0 radical (unpaired) electrons. The maximum absolute atomic E-state index is 12.9. The highest BCUT2D eigenvalue weighted by atomic mass is 16.4. The second kappa shape index (κ2) is 7.92. The summed E-state index contributed by atoms with van der Waals surface area (Å²) < 4.78 is 1.30. The number of aromatic nitrogens is 2. The topological polar surface area (TPSA) is 92.5 Å². The van der Waals surface area contributed by atoms with Crippen molar-refractivity contribution in [3.05, 3.63) is 40.3 Å². The van der Waals surface area contributed by atoms with Crippen LogP contribution >= 0.6 is 0 Å². The van der Waals surface area contributed by atoms with Crippen molar-refractivity contribution in [2.24, 2.45) is 5.92 Å². The quantitative estimate of drug-likeness (QED) is 0.828. The van der Waals surface area contributed by atoms with E-state index in [1.54, 1.807) is 24.3 Å². The van der Waals surface area contributed by atoms with Crippen LogP contribution in [0.4, 0.5) is 0 Å². The number of rotatable bonds is 7. The normalized spacial score (nSPS) is 11.0. The second-order valence-corrected chi connectivity index (χ2v) is 6.40. The summed E-state index contributed by atoms with van der Waals surface area (Å²) >= 11 is 0. The summed E-state index contributed by atoms with van der Waals surface area (Å²) in [5, 5.41) is 14.2. The van der Waals surface area contributed by atoms with E-state index in [1.165, 1.54) is 9.58 Å². The van der Waals surface area contributed by atoms with Crippen LogP contribution in [0.15, 0.2) is 29.1 Å². The lowest BCUT2D eigenvalue weighted by molar-refractivity contribution is -0.137. The zero-order valence-corrected chi connectivity index (χ0v) is 14.7. The van der Waals surface area contributed by atoms with Crippen LogP contribution in [0.3, 0.4) is 0 Å². The zero-order valence-electron chi connectivity index (χ0n) is 14.7. The molecule has 25 heavy (non-hydrogen) atoms. The number of benzene rings is 1. The van der Waals surface area contributed by atoms with E-state index in [0.29, 0.717) is 30.3 Å². The maximum Gasteiger partial charge on any atom is 0.323 e. The maximum atomic E-state index is 12.9. The van der Waals surface area contributed by atoms with Gasteiger partial charge in [-0.15, -0.1) is 0 Å². The Labute approximate surface area is 145 Å². The zero-order chi connectivity index (χ0) is 18.6. The van der Waals surface area contributed by atoms with E-state index >= 15 is 0 Å². The summed E-state index contributed by atoms with van der Waals surface area (Å²) in [5.74, 6) is -1.38. The van der Waals surface area contributed by atoms with Crippen molar-refractivity contribution >= 4 is 22.6 Å². The Morgan fingerprint density at radius 3 is 2.44 bits per heavy atom. The van der Waals surface area contributed by atoms with Crippen LogP contribution in [0.1, 0.15) is 37.7 Å². The smallest absolute Gasteiger partial charge is 0.323 e. The standard InChI is InChI=1S/C18H23N3O4/c1-4-9-20(11-15(22)23)18(25)16-13-7-5-6-8-14(13)17(24)21(19-16)10-12(2)3/h5-8,12H,4,9-11H2,1-3H3,(H,22,23). The van der Waals surface area contributed by atoms with Gasteiger partial charge in [0.2, 0.25) is 0 Å². The van der Waals surface area contributed by atoms with Crippen molar-refractivity contribution < 1.29 is 14.7 Å². The SMILES string of the molecule is CCCN(CC(=O)O)C(=O)c1nn(CC(C)C)c(=O)c2ccccc12. The number of carboxylic acid groups (broad SMARTS) is 1. The fraction of sp³-hybridized carbons (Fsp3) is 0.444. The molecule has 0 bridgehead atoms. The molecule has 0 aliphatic rings. The molecule has 0 saturated carbocycles. The van der Waals surface area contributed by atoms with Gasteiger partial charge in [0.25, 0.3) is 11.5 Å². The molecule has 0 aliphatic carbocycles. The van der Waals surface area contributed by atoms with Crippen LogP contribution in [0.2, 0.25) is 0 Å². The minimum atomic E-state index is -1.08. The van der Waals surface area contributed by atoms with Gasteiger partial charge in [0.15, 0.2) is 5.69 Å². The van der Waals surface area contributed by atoms with E-state index in [2.05, 4.69) is 5.10 Å². The first-order valence-corrected chi connectivity index (χ1v) is 8.36. The number of hydrogen-bond acceptors (Lipinski definition) is 4.